The van der Waals surface area contributed by atoms with Gasteiger partial charge in [0.1, 0.15) is 0 Å². The Balaban J connectivity index is 1.44. The molecular formula is C30H28N2O4. The average molecular weight is 481 g/mol. The van der Waals surface area contributed by atoms with E-state index in [0.29, 0.717) is 24.2 Å². The molecule has 2 aliphatic heterocycles. The number of benzene rings is 2. The summed E-state index contributed by atoms with van der Waals surface area (Å²) >= 11 is 0. The number of carbonyl (C=O) groups excluding carboxylic acids is 4. The van der Waals surface area contributed by atoms with Gasteiger partial charge in [0.15, 0.2) is 0 Å². The van der Waals surface area contributed by atoms with E-state index in [1.54, 1.807) is 0 Å². The van der Waals surface area contributed by atoms with Gasteiger partial charge in [-0.15, -0.1) is 0 Å². The van der Waals surface area contributed by atoms with Crippen molar-refractivity contribution < 1.29 is 19.2 Å². The number of nitrogens with zero attached hydrogens (tertiary/aromatic N) is 2. The van der Waals surface area contributed by atoms with Crippen molar-refractivity contribution in [3.05, 3.63) is 84.0 Å². The molecule has 0 saturated carbocycles. The number of para-hydroxylation sites is 2. The third-order valence-corrected chi connectivity index (χ3v) is 8.40. The zero-order chi connectivity index (χ0) is 25.1. The van der Waals surface area contributed by atoms with Crippen LogP contribution < -0.4 is 9.80 Å². The lowest BCUT2D eigenvalue weighted by atomic mass is 9.55. The van der Waals surface area contributed by atoms with E-state index in [2.05, 4.69) is 0 Å². The fourth-order valence-corrected chi connectivity index (χ4v) is 6.73. The molecule has 2 saturated heterocycles. The Morgan fingerprint density at radius 2 is 0.833 bits per heavy atom. The number of anilines is 2. The van der Waals surface area contributed by atoms with Gasteiger partial charge >= 0.3 is 0 Å². The van der Waals surface area contributed by atoms with Crippen LogP contribution in [0.15, 0.2) is 72.8 Å². The number of imide groups is 2. The lowest BCUT2D eigenvalue weighted by Crippen LogP contribution is -2.64. The number of aryl methyl sites for hydroxylation is 2. The first-order valence-electron chi connectivity index (χ1n) is 12.8. The molecule has 2 fully saturated rings. The maximum atomic E-state index is 13.8. The Kier molecular flexibility index (Phi) is 5.29. The molecule has 0 radical (unpaired) electrons. The van der Waals surface area contributed by atoms with E-state index < -0.39 is 35.5 Å². The van der Waals surface area contributed by atoms with Crippen molar-refractivity contribution in [3.8, 4) is 0 Å². The fourth-order valence-electron chi connectivity index (χ4n) is 6.73. The highest BCUT2D eigenvalue weighted by atomic mass is 16.2. The van der Waals surface area contributed by atoms with Gasteiger partial charge in [-0.1, -0.05) is 74.5 Å². The molecule has 6 nitrogen and oxygen atoms in total. The summed E-state index contributed by atoms with van der Waals surface area (Å²) in [6, 6.07) is 15.0. The molecule has 182 valence electrons. The highest BCUT2D eigenvalue weighted by Crippen LogP contribution is 2.53. The van der Waals surface area contributed by atoms with E-state index in [0.717, 1.165) is 11.1 Å². The Labute approximate surface area is 210 Å². The molecule has 2 aromatic carbocycles. The van der Waals surface area contributed by atoms with Crippen LogP contribution >= 0.6 is 0 Å². The van der Waals surface area contributed by atoms with Gasteiger partial charge in [-0.3, -0.25) is 19.2 Å². The highest BCUT2D eigenvalue weighted by molar-refractivity contribution is 6.22. The van der Waals surface area contributed by atoms with Crippen molar-refractivity contribution in [2.75, 3.05) is 9.80 Å². The summed E-state index contributed by atoms with van der Waals surface area (Å²) < 4.78 is 0. The van der Waals surface area contributed by atoms with Gasteiger partial charge in [0, 0.05) is 0 Å². The van der Waals surface area contributed by atoms with Crippen LogP contribution in [0.5, 0.6) is 0 Å². The molecule has 0 spiro atoms. The molecule has 2 aliphatic carbocycles. The molecule has 0 unspecified atom stereocenters. The number of amides is 4. The third-order valence-electron chi connectivity index (χ3n) is 8.40. The summed E-state index contributed by atoms with van der Waals surface area (Å²) in [5.41, 5.74) is 3.11. The monoisotopic (exact) mass is 480 g/mol. The summed E-state index contributed by atoms with van der Waals surface area (Å²) in [6.45, 7) is 4.00. The largest absolute Gasteiger partial charge is 0.273 e. The van der Waals surface area contributed by atoms with Gasteiger partial charge in [0.2, 0.25) is 23.6 Å². The van der Waals surface area contributed by atoms with Gasteiger partial charge in [-0.25, -0.2) is 9.80 Å². The quantitative estimate of drug-likeness (QED) is 0.488. The summed E-state index contributed by atoms with van der Waals surface area (Å²) in [5.74, 6) is -4.12. The van der Waals surface area contributed by atoms with Crippen LogP contribution in [0.25, 0.3) is 0 Å². The lowest BCUT2D eigenvalue weighted by Gasteiger charge is -2.53. The van der Waals surface area contributed by atoms with E-state index in [-0.39, 0.29) is 23.6 Å². The molecule has 0 bridgehead atoms. The summed E-state index contributed by atoms with van der Waals surface area (Å²) in [5, 5.41) is 0. The third kappa shape index (κ3) is 3.03. The van der Waals surface area contributed by atoms with Crippen LogP contribution in [0, 0.1) is 35.5 Å². The normalized spacial score (nSPS) is 30.6. The van der Waals surface area contributed by atoms with Gasteiger partial charge in [0.05, 0.1) is 35.0 Å². The molecule has 6 rings (SSSR count). The summed E-state index contributed by atoms with van der Waals surface area (Å²) in [4.78, 5) is 57.7. The molecule has 4 aliphatic rings. The van der Waals surface area contributed by atoms with Crippen molar-refractivity contribution in [1.29, 1.82) is 0 Å². The van der Waals surface area contributed by atoms with Crippen LogP contribution in [0.4, 0.5) is 11.4 Å². The molecule has 6 heteroatoms. The van der Waals surface area contributed by atoms with Crippen molar-refractivity contribution in [3.63, 3.8) is 0 Å². The molecule has 4 atom stereocenters. The Morgan fingerprint density at radius 3 is 1.14 bits per heavy atom. The zero-order valence-corrected chi connectivity index (χ0v) is 20.3. The second-order valence-electron chi connectivity index (χ2n) is 10.0. The number of rotatable bonds is 4. The molecule has 2 heterocycles. The van der Waals surface area contributed by atoms with Crippen molar-refractivity contribution in [2.24, 2.45) is 35.5 Å². The predicted octanol–water partition coefficient (Wildman–Crippen LogP) is 4.09. The van der Waals surface area contributed by atoms with Gasteiger partial charge in [-0.2, -0.15) is 0 Å². The second-order valence-corrected chi connectivity index (χ2v) is 10.0. The first kappa shape index (κ1) is 22.7. The number of hydrogen-bond acceptors (Lipinski definition) is 4. The molecule has 36 heavy (non-hydrogen) atoms. The van der Waals surface area contributed by atoms with Crippen molar-refractivity contribution in [1.82, 2.24) is 0 Å². The minimum atomic E-state index is -0.554. The Bertz CT molecular complexity index is 1200. The van der Waals surface area contributed by atoms with Crippen LogP contribution in [-0.4, -0.2) is 23.6 Å². The van der Waals surface area contributed by atoms with Crippen LogP contribution in [0.3, 0.4) is 0 Å². The Morgan fingerprint density at radius 1 is 0.528 bits per heavy atom. The maximum Gasteiger partial charge on any atom is 0.241 e. The minimum absolute atomic E-state index is 0.274. The molecule has 0 N–H and O–H groups in total. The number of piperidine rings is 2. The van der Waals surface area contributed by atoms with E-state index in [4.69, 9.17) is 0 Å². The van der Waals surface area contributed by atoms with Crippen molar-refractivity contribution in [2.45, 2.75) is 26.7 Å². The zero-order valence-electron chi connectivity index (χ0n) is 20.3. The molecule has 0 aromatic heterocycles. The summed E-state index contributed by atoms with van der Waals surface area (Å²) in [7, 11) is 0. The highest BCUT2D eigenvalue weighted by Gasteiger charge is 2.61. The molecular weight excluding hydrogens is 452 g/mol. The first-order valence-corrected chi connectivity index (χ1v) is 12.8. The van der Waals surface area contributed by atoms with Crippen LogP contribution in [0.2, 0.25) is 0 Å². The molecule has 4 amide bonds. The topological polar surface area (TPSA) is 74.8 Å². The maximum absolute atomic E-state index is 13.8. The van der Waals surface area contributed by atoms with Gasteiger partial charge < -0.3 is 0 Å². The van der Waals surface area contributed by atoms with Crippen molar-refractivity contribution >= 4 is 35.0 Å². The standard InChI is InChI=1S/C30H28N2O4/c1-3-17-9-5-7-11-23(17)31-27(33)19-13-15-21-26-22(16-14-20(25(19)26)28(31)34)30(36)32(29(21)35)24-12-8-6-10-18(24)4-2/h5-16,19-22,25-26H,3-4H2,1-2H3/t19-,20-,21+,22+,25?,26?. The van der Waals surface area contributed by atoms with E-state index in [9.17, 15) is 19.2 Å². The number of carbonyl (C=O) groups is 4. The number of hydrogen-bond donors (Lipinski definition) is 0. The van der Waals surface area contributed by atoms with Gasteiger partial charge in [-0.05, 0) is 47.9 Å². The SMILES string of the molecule is CCc1ccccc1N1C(=O)[C@H]2C=C[C@H]3C(=O)N(c4ccccc4CC)C(=O)[C@@H]4C=C[C@H](C1=O)C2C34. The van der Waals surface area contributed by atoms with E-state index in [1.807, 2.05) is 86.7 Å². The van der Waals surface area contributed by atoms with Crippen LogP contribution in [0.1, 0.15) is 25.0 Å². The average Bonchev–Trinajstić information content (AvgIpc) is 2.91. The Hall–Kier alpha value is -3.80. The lowest BCUT2D eigenvalue weighted by molar-refractivity contribution is -0.148. The summed E-state index contributed by atoms with van der Waals surface area (Å²) in [6.07, 6.45) is 8.63. The fraction of sp³-hybridized carbons (Fsp3) is 0.333. The minimum Gasteiger partial charge on any atom is -0.273 e. The molecule has 2 aromatic rings. The smallest absolute Gasteiger partial charge is 0.241 e. The predicted molar refractivity (Wildman–Crippen MR) is 136 cm³/mol. The van der Waals surface area contributed by atoms with E-state index in [1.165, 1.54) is 9.80 Å². The van der Waals surface area contributed by atoms with Crippen LogP contribution in [-0.2, 0) is 32.0 Å². The second kappa shape index (κ2) is 8.40. The van der Waals surface area contributed by atoms with Gasteiger partial charge in [0.25, 0.3) is 0 Å². The van der Waals surface area contributed by atoms with E-state index >= 15 is 0 Å². The first-order chi connectivity index (χ1) is 17.5.